The van der Waals surface area contributed by atoms with Crippen molar-refractivity contribution in [3.63, 3.8) is 0 Å². The van der Waals surface area contributed by atoms with E-state index in [4.69, 9.17) is 21.1 Å². The maximum absolute atomic E-state index is 14.3. The van der Waals surface area contributed by atoms with Crippen molar-refractivity contribution in [2.24, 2.45) is 0 Å². The monoisotopic (exact) mass is 625 g/mol. The zero-order valence-corrected chi connectivity index (χ0v) is 25.6. The zero-order valence-electron chi connectivity index (χ0n) is 24.1. The number of halogens is 1. The summed E-state index contributed by atoms with van der Waals surface area (Å²) in [6.07, 6.45) is 5.13. The molecule has 0 aromatic heterocycles. The van der Waals surface area contributed by atoms with Crippen LogP contribution < -0.4 is 19.1 Å². The molecule has 1 aliphatic carbocycles. The summed E-state index contributed by atoms with van der Waals surface area (Å²) in [6.45, 7) is 0.220. The number of carbonyl (C=O) groups is 2. The molecule has 3 aromatic carbocycles. The van der Waals surface area contributed by atoms with Crippen molar-refractivity contribution in [1.29, 1.82) is 0 Å². The van der Waals surface area contributed by atoms with Gasteiger partial charge in [-0.2, -0.15) is 0 Å². The van der Waals surface area contributed by atoms with Crippen LogP contribution in [0.2, 0.25) is 5.02 Å². The number of benzene rings is 3. The van der Waals surface area contributed by atoms with Gasteiger partial charge in [-0.1, -0.05) is 73.0 Å². The third kappa shape index (κ3) is 7.80. The van der Waals surface area contributed by atoms with Crippen molar-refractivity contribution in [3.05, 3.63) is 88.9 Å². The molecule has 1 saturated carbocycles. The highest BCUT2D eigenvalue weighted by Gasteiger charge is 2.34. The molecular formula is C32H36ClN3O6S. The molecule has 1 aliphatic heterocycles. The Labute approximate surface area is 257 Å². The van der Waals surface area contributed by atoms with Crippen molar-refractivity contribution in [2.45, 2.75) is 50.7 Å². The Bertz CT molecular complexity index is 1550. The van der Waals surface area contributed by atoms with Crippen LogP contribution in [-0.4, -0.2) is 63.2 Å². The molecule has 228 valence electrons. The first-order chi connectivity index (χ1) is 20.7. The second kappa shape index (κ2) is 13.7. The smallest absolute Gasteiger partial charge is 0.244 e. The minimum absolute atomic E-state index is 0.0207. The second-order valence-corrected chi connectivity index (χ2v) is 13.2. The number of nitrogens with one attached hydrogen (secondary N) is 1. The molecule has 1 fully saturated rings. The predicted octanol–water partition coefficient (Wildman–Crippen LogP) is 4.58. The number of sulfonamides is 1. The van der Waals surface area contributed by atoms with Gasteiger partial charge in [-0.25, -0.2) is 8.42 Å². The molecule has 1 N–H and O–H groups in total. The van der Waals surface area contributed by atoms with E-state index in [0.29, 0.717) is 35.3 Å². The van der Waals surface area contributed by atoms with Gasteiger partial charge in [0.15, 0.2) is 11.5 Å². The molecule has 0 unspecified atom stereocenters. The Morgan fingerprint density at radius 1 is 0.953 bits per heavy atom. The van der Waals surface area contributed by atoms with Gasteiger partial charge in [0.25, 0.3) is 0 Å². The quantitative estimate of drug-likeness (QED) is 0.335. The van der Waals surface area contributed by atoms with Crippen molar-refractivity contribution in [2.75, 3.05) is 30.3 Å². The summed E-state index contributed by atoms with van der Waals surface area (Å²) in [7, 11) is -3.91. The van der Waals surface area contributed by atoms with E-state index >= 15 is 0 Å². The summed E-state index contributed by atoms with van der Waals surface area (Å²) >= 11 is 6.53. The number of amides is 2. The summed E-state index contributed by atoms with van der Waals surface area (Å²) in [4.78, 5) is 29.7. The third-order valence-corrected chi connectivity index (χ3v) is 9.27. The first-order valence-corrected chi connectivity index (χ1v) is 16.7. The lowest BCUT2D eigenvalue weighted by molar-refractivity contribution is -0.140. The number of carbonyl (C=O) groups excluding carboxylic acids is 2. The molecule has 11 heteroatoms. The molecule has 3 aromatic rings. The molecule has 43 heavy (non-hydrogen) atoms. The summed E-state index contributed by atoms with van der Waals surface area (Å²) in [5.41, 5.74) is 1.78. The van der Waals surface area contributed by atoms with E-state index in [1.807, 2.05) is 36.4 Å². The van der Waals surface area contributed by atoms with E-state index in [0.717, 1.165) is 41.8 Å². The fourth-order valence-corrected chi connectivity index (χ4v) is 6.57. The Hall–Kier alpha value is -3.76. The van der Waals surface area contributed by atoms with Crippen LogP contribution in [0, 0.1) is 0 Å². The van der Waals surface area contributed by atoms with Gasteiger partial charge in [0.2, 0.25) is 21.8 Å². The van der Waals surface area contributed by atoms with Gasteiger partial charge in [0.05, 0.1) is 11.9 Å². The summed E-state index contributed by atoms with van der Waals surface area (Å²) in [6, 6.07) is 20.5. The maximum Gasteiger partial charge on any atom is 0.244 e. The topological polar surface area (TPSA) is 105 Å². The molecule has 0 spiro atoms. The number of hydrogen-bond acceptors (Lipinski definition) is 6. The Morgan fingerprint density at radius 3 is 2.33 bits per heavy atom. The lowest BCUT2D eigenvalue weighted by Crippen LogP contribution is -2.54. The first kappa shape index (κ1) is 30.7. The van der Waals surface area contributed by atoms with E-state index in [1.165, 1.54) is 4.90 Å². The van der Waals surface area contributed by atoms with E-state index in [2.05, 4.69) is 5.32 Å². The number of fused-ring (bicyclic) bond motifs is 1. The highest BCUT2D eigenvalue weighted by Crippen LogP contribution is 2.35. The van der Waals surface area contributed by atoms with Crippen LogP contribution in [0.3, 0.4) is 0 Å². The van der Waals surface area contributed by atoms with Gasteiger partial charge < -0.3 is 19.7 Å². The van der Waals surface area contributed by atoms with Gasteiger partial charge in [-0.15, -0.1) is 0 Å². The molecule has 9 nitrogen and oxygen atoms in total. The molecule has 0 bridgehead atoms. The molecule has 1 atom stereocenters. The summed E-state index contributed by atoms with van der Waals surface area (Å²) in [5.74, 6) is 0.0847. The molecule has 0 radical (unpaired) electrons. The van der Waals surface area contributed by atoms with Crippen molar-refractivity contribution < 1.29 is 27.5 Å². The number of nitrogens with zero attached hydrogens (tertiary/aromatic N) is 2. The molecule has 5 rings (SSSR count). The summed E-state index contributed by atoms with van der Waals surface area (Å²) in [5, 5.41) is 3.60. The standard InChI is InChI=1S/C32H36ClN3O6S/c1-43(39,40)36(26-15-16-29-30(20-26)42-18-17-41-29)22-31(37)35(21-24-11-5-8-14-27(24)33)28(19-23-9-3-2-4-10-23)32(38)34-25-12-6-7-13-25/h2-5,8-11,14-16,20,25,28H,6-7,12-13,17-19,21-22H2,1H3,(H,34,38)/t28-/m0/s1. The zero-order chi connectivity index (χ0) is 30.4. The normalized spacial score (nSPS) is 15.5. The van der Waals surface area contributed by atoms with E-state index in [9.17, 15) is 18.0 Å². The van der Waals surface area contributed by atoms with Gasteiger partial charge in [0, 0.05) is 30.1 Å². The van der Waals surface area contributed by atoms with Gasteiger partial charge in [-0.3, -0.25) is 13.9 Å². The van der Waals surface area contributed by atoms with Gasteiger partial charge in [-0.05, 0) is 42.2 Å². The fourth-order valence-electron chi connectivity index (χ4n) is 5.53. The second-order valence-electron chi connectivity index (χ2n) is 10.9. The minimum atomic E-state index is -3.91. The number of ether oxygens (including phenoxy) is 2. The molecule has 1 heterocycles. The van der Waals surface area contributed by atoms with Crippen LogP contribution >= 0.6 is 11.6 Å². The minimum Gasteiger partial charge on any atom is -0.486 e. The molecular weight excluding hydrogens is 590 g/mol. The first-order valence-electron chi connectivity index (χ1n) is 14.4. The lowest BCUT2D eigenvalue weighted by atomic mass is 10.0. The van der Waals surface area contributed by atoms with E-state index in [-0.39, 0.29) is 30.6 Å². The Kier molecular flexibility index (Phi) is 9.77. The maximum atomic E-state index is 14.3. The summed E-state index contributed by atoms with van der Waals surface area (Å²) < 4.78 is 38.4. The van der Waals surface area contributed by atoms with Gasteiger partial charge >= 0.3 is 0 Å². The Balaban J connectivity index is 1.51. The van der Waals surface area contributed by atoms with Gasteiger partial charge in [0.1, 0.15) is 25.8 Å². The van der Waals surface area contributed by atoms with E-state index < -0.39 is 28.5 Å². The third-order valence-electron chi connectivity index (χ3n) is 7.76. The fraction of sp³-hybridized carbons (Fsp3) is 0.375. The number of anilines is 1. The molecule has 2 amide bonds. The number of hydrogen-bond donors (Lipinski definition) is 1. The van der Waals surface area contributed by atoms with Crippen LogP contribution in [-0.2, 0) is 32.6 Å². The van der Waals surface area contributed by atoms with Crippen molar-refractivity contribution in [3.8, 4) is 11.5 Å². The van der Waals surface area contributed by atoms with Crippen LogP contribution in [0.5, 0.6) is 11.5 Å². The predicted molar refractivity (Wildman–Crippen MR) is 166 cm³/mol. The van der Waals surface area contributed by atoms with Crippen LogP contribution in [0.15, 0.2) is 72.8 Å². The van der Waals surface area contributed by atoms with Crippen LogP contribution in [0.1, 0.15) is 36.8 Å². The SMILES string of the molecule is CS(=O)(=O)N(CC(=O)N(Cc1ccccc1Cl)[C@@H](Cc1ccccc1)C(=O)NC1CCCC1)c1ccc2c(c1)OCCO2. The largest absolute Gasteiger partial charge is 0.486 e. The van der Waals surface area contributed by atoms with Crippen LogP contribution in [0.4, 0.5) is 5.69 Å². The lowest BCUT2D eigenvalue weighted by Gasteiger charge is -2.34. The van der Waals surface area contributed by atoms with Crippen molar-refractivity contribution >= 4 is 39.1 Å². The molecule has 0 saturated heterocycles. The highest BCUT2D eigenvalue weighted by molar-refractivity contribution is 7.92. The van der Waals surface area contributed by atoms with Crippen LogP contribution in [0.25, 0.3) is 0 Å². The highest BCUT2D eigenvalue weighted by atomic mass is 35.5. The molecule has 2 aliphatic rings. The number of rotatable bonds is 11. The van der Waals surface area contributed by atoms with E-state index in [1.54, 1.807) is 36.4 Å². The van der Waals surface area contributed by atoms with Crippen molar-refractivity contribution in [1.82, 2.24) is 10.2 Å². The Morgan fingerprint density at radius 2 is 1.63 bits per heavy atom. The average molecular weight is 626 g/mol. The average Bonchev–Trinajstić information content (AvgIpc) is 3.51.